The highest BCUT2D eigenvalue weighted by molar-refractivity contribution is 5.42. The number of aryl methyl sites for hydroxylation is 2. The Labute approximate surface area is 103 Å². The Bertz CT molecular complexity index is 381. The second-order valence-corrected chi connectivity index (χ2v) is 4.72. The van der Waals surface area contributed by atoms with Gasteiger partial charge in [-0.1, -0.05) is 6.07 Å². The Balaban J connectivity index is 2.01. The van der Waals surface area contributed by atoms with Crippen LogP contribution in [0.3, 0.4) is 0 Å². The lowest BCUT2D eigenvalue weighted by molar-refractivity contribution is 0.181. The van der Waals surface area contributed by atoms with Gasteiger partial charge in [0.25, 0.3) is 0 Å². The van der Waals surface area contributed by atoms with Crippen molar-refractivity contribution in [3.05, 3.63) is 23.4 Å². The van der Waals surface area contributed by atoms with Crippen LogP contribution in [0.5, 0.6) is 0 Å². The number of nitrogens with zero attached hydrogens (tertiary/aromatic N) is 2. The molecule has 94 valence electrons. The van der Waals surface area contributed by atoms with Crippen molar-refractivity contribution in [2.24, 2.45) is 5.73 Å². The molecule has 1 heterocycles. The van der Waals surface area contributed by atoms with E-state index in [9.17, 15) is 0 Å². The van der Waals surface area contributed by atoms with Crippen molar-refractivity contribution in [3.63, 3.8) is 0 Å². The second-order valence-electron chi connectivity index (χ2n) is 4.72. The molecule has 0 saturated carbocycles. The van der Waals surface area contributed by atoms with Gasteiger partial charge in [0.15, 0.2) is 0 Å². The van der Waals surface area contributed by atoms with Gasteiger partial charge < -0.3 is 15.4 Å². The van der Waals surface area contributed by atoms with Crippen molar-refractivity contribution in [2.75, 3.05) is 32.2 Å². The average molecular weight is 235 g/mol. The van der Waals surface area contributed by atoms with Gasteiger partial charge >= 0.3 is 0 Å². The van der Waals surface area contributed by atoms with Gasteiger partial charge in [0, 0.05) is 32.4 Å². The molecule has 1 aromatic heterocycles. The molecule has 4 nitrogen and oxygen atoms in total. The number of ether oxygens (including phenoxy) is 1. The number of pyridine rings is 1. The number of rotatable bonds is 5. The van der Waals surface area contributed by atoms with Crippen LogP contribution in [0.2, 0.25) is 0 Å². The quantitative estimate of drug-likeness (QED) is 0.826. The van der Waals surface area contributed by atoms with E-state index < -0.39 is 0 Å². The van der Waals surface area contributed by atoms with Crippen molar-refractivity contribution in [2.45, 2.75) is 25.3 Å². The minimum Gasteiger partial charge on any atom is -0.383 e. The van der Waals surface area contributed by atoms with Crippen LogP contribution in [-0.2, 0) is 17.6 Å². The van der Waals surface area contributed by atoms with Crippen LogP contribution in [0.1, 0.15) is 17.7 Å². The van der Waals surface area contributed by atoms with E-state index in [-0.39, 0.29) is 6.04 Å². The maximum absolute atomic E-state index is 5.94. The van der Waals surface area contributed by atoms with Gasteiger partial charge in [-0.15, -0.1) is 0 Å². The van der Waals surface area contributed by atoms with Crippen molar-refractivity contribution < 1.29 is 4.74 Å². The van der Waals surface area contributed by atoms with E-state index in [0.717, 1.165) is 18.8 Å². The molecule has 1 aliphatic carbocycles. The molecule has 4 heteroatoms. The van der Waals surface area contributed by atoms with Crippen molar-refractivity contribution >= 4 is 5.82 Å². The summed E-state index contributed by atoms with van der Waals surface area (Å²) in [7, 11) is 3.70. The van der Waals surface area contributed by atoms with Gasteiger partial charge in [0.2, 0.25) is 0 Å². The number of anilines is 1. The van der Waals surface area contributed by atoms with Gasteiger partial charge in [-0.05, 0) is 30.9 Å². The van der Waals surface area contributed by atoms with Gasteiger partial charge in [0.1, 0.15) is 5.82 Å². The number of aromatic nitrogens is 1. The third-order valence-electron chi connectivity index (χ3n) is 3.19. The fourth-order valence-electron chi connectivity index (χ4n) is 2.33. The number of methoxy groups -OCH3 is 1. The van der Waals surface area contributed by atoms with Crippen LogP contribution in [0.15, 0.2) is 12.1 Å². The first-order valence-electron chi connectivity index (χ1n) is 6.15. The summed E-state index contributed by atoms with van der Waals surface area (Å²) in [5, 5.41) is 0. The molecule has 1 aromatic rings. The summed E-state index contributed by atoms with van der Waals surface area (Å²) in [5.74, 6) is 1.01. The molecule has 2 N–H and O–H groups in total. The Morgan fingerprint density at radius 3 is 3.06 bits per heavy atom. The number of hydrogen-bond acceptors (Lipinski definition) is 4. The third kappa shape index (κ3) is 2.96. The Kier molecular flexibility index (Phi) is 3.97. The standard InChI is InChI=1S/C13H21N3O/c1-16(8-11(14)9-17-2)13-7-6-10-4-3-5-12(10)15-13/h6-7,11H,3-5,8-9,14H2,1-2H3. The van der Waals surface area contributed by atoms with Crippen molar-refractivity contribution in [3.8, 4) is 0 Å². The van der Waals surface area contributed by atoms with E-state index in [0.29, 0.717) is 6.61 Å². The molecule has 0 spiro atoms. The van der Waals surface area contributed by atoms with Crippen LogP contribution >= 0.6 is 0 Å². The summed E-state index contributed by atoms with van der Waals surface area (Å²) < 4.78 is 5.04. The fourth-order valence-corrected chi connectivity index (χ4v) is 2.33. The normalized spacial score (nSPS) is 15.7. The van der Waals surface area contributed by atoms with E-state index >= 15 is 0 Å². The molecule has 0 saturated heterocycles. The lowest BCUT2D eigenvalue weighted by atomic mass is 10.2. The van der Waals surface area contributed by atoms with Crippen LogP contribution in [0, 0.1) is 0 Å². The molecule has 2 rings (SSSR count). The van der Waals surface area contributed by atoms with Crippen LogP contribution in [0.25, 0.3) is 0 Å². The summed E-state index contributed by atoms with van der Waals surface area (Å²) in [6, 6.07) is 4.31. The molecule has 17 heavy (non-hydrogen) atoms. The smallest absolute Gasteiger partial charge is 0.128 e. The zero-order chi connectivity index (χ0) is 12.3. The van der Waals surface area contributed by atoms with Crippen molar-refractivity contribution in [1.82, 2.24) is 4.98 Å². The first-order chi connectivity index (χ1) is 8.20. The number of likely N-dealkylation sites (N-methyl/N-ethyl adjacent to an activating group) is 1. The van der Waals surface area contributed by atoms with Gasteiger partial charge in [-0.2, -0.15) is 0 Å². The highest BCUT2D eigenvalue weighted by Gasteiger charge is 2.14. The molecule has 1 unspecified atom stereocenters. The zero-order valence-electron chi connectivity index (χ0n) is 10.6. The maximum Gasteiger partial charge on any atom is 0.128 e. The van der Waals surface area contributed by atoms with Gasteiger partial charge in [0.05, 0.1) is 6.61 Å². The summed E-state index contributed by atoms with van der Waals surface area (Å²) in [4.78, 5) is 6.80. The molecule has 0 bridgehead atoms. The number of fused-ring (bicyclic) bond motifs is 1. The third-order valence-corrected chi connectivity index (χ3v) is 3.19. The summed E-state index contributed by atoms with van der Waals surface area (Å²) >= 11 is 0. The SMILES string of the molecule is COCC(N)CN(C)c1ccc2c(n1)CCC2. The minimum absolute atomic E-state index is 0.0278. The molecule has 0 radical (unpaired) electrons. The van der Waals surface area contributed by atoms with Gasteiger partial charge in [-0.25, -0.2) is 4.98 Å². The summed E-state index contributed by atoms with van der Waals surface area (Å²) in [6.45, 7) is 1.34. The van der Waals surface area contributed by atoms with Crippen LogP contribution in [-0.4, -0.2) is 38.3 Å². The molecule has 0 fully saturated rings. The molecular weight excluding hydrogens is 214 g/mol. The van der Waals surface area contributed by atoms with E-state index in [2.05, 4.69) is 17.0 Å². The highest BCUT2D eigenvalue weighted by atomic mass is 16.5. The maximum atomic E-state index is 5.94. The largest absolute Gasteiger partial charge is 0.383 e. The topological polar surface area (TPSA) is 51.4 Å². The van der Waals surface area contributed by atoms with Crippen molar-refractivity contribution in [1.29, 1.82) is 0 Å². The first kappa shape index (κ1) is 12.3. The first-order valence-corrected chi connectivity index (χ1v) is 6.15. The highest BCUT2D eigenvalue weighted by Crippen LogP contribution is 2.22. The van der Waals surface area contributed by atoms with E-state index in [1.807, 2.05) is 7.05 Å². The molecule has 0 aromatic carbocycles. The molecular formula is C13H21N3O. The molecule has 1 aliphatic rings. The van der Waals surface area contributed by atoms with E-state index in [4.69, 9.17) is 15.5 Å². The van der Waals surface area contributed by atoms with E-state index in [1.54, 1.807) is 7.11 Å². The molecule has 0 aliphatic heterocycles. The predicted octanol–water partition coefficient (Wildman–Crippen LogP) is 0.980. The Hall–Kier alpha value is -1.13. The second kappa shape index (κ2) is 5.47. The fraction of sp³-hybridized carbons (Fsp3) is 0.615. The van der Waals surface area contributed by atoms with Crippen LogP contribution < -0.4 is 10.6 Å². The Morgan fingerprint density at radius 2 is 2.29 bits per heavy atom. The average Bonchev–Trinajstić information content (AvgIpc) is 2.75. The lowest BCUT2D eigenvalue weighted by Gasteiger charge is -2.22. The zero-order valence-corrected chi connectivity index (χ0v) is 10.6. The number of nitrogens with two attached hydrogens (primary N) is 1. The Morgan fingerprint density at radius 1 is 1.47 bits per heavy atom. The van der Waals surface area contributed by atoms with Gasteiger partial charge in [-0.3, -0.25) is 0 Å². The lowest BCUT2D eigenvalue weighted by Crippen LogP contribution is -2.38. The molecule has 1 atom stereocenters. The predicted molar refractivity (Wildman–Crippen MR) is 69.4 cm³/mol. The molecule has 0 amide bonds. The minimum atomic E-state index is 0.0278. The summed E-state index contributed by atoms with van der Waals surface area (Å²) in [6.07, 6.45) is 3.52. The number of hydrogen-bond donors (Lipinski definition) is 1. The van der Waals surface area contributed by atoms with Crippen LogP contribution in [0.4, 0.5) is 5.82 Å². The summed E-state index contributed by atoms with van der Waals surface area (Å²) in [5.41, 5.74) is 8.61. The monoisotopic (exact) mass is 235 g/mol. The van der Waals surface area contributed by atoms with E-state index in [1.165, 1.54) is 24.1 Å².